The maximum Gasteiger partial charge on any atom is 0.233 e. The van der Waals surface area contributed by atoms with Gasteiger partial charge in [-0.2, -0.15) is 0 Å². The van der Waals surface area contributed by atoms with Crippen molar-refractivity contribution >= 4 is 34.1 Å². The van der Waals surface area contributed by atoms with Crippen molar-refractivity contribution in [3.63, 3.8) is 0 Å². The molecule has 0 bridgehead atoms. The quantitative estimate of drug-likeness (QED) is 0.425. The molecule has 136 valence electrons. The summed E-state index contributed by atoms with van der Waals surface area (Å²) >= 11 is 2.96. The third-order valence-electron chi connectivity index (χ3n) is 3.67. The van der Waals surface area contributed by atoms with Crippen LogP contribution in [0, 0.1) is 0 Å². The Labute approximate surface area is 151 Å². The topological polar surface area (TPSA) is 80.6 Å². The van der Waals surface area contributed by atoms with Crippen LogP contribution < -0.4 is 15.5 Å². The lowest BCUT2D eigenvalue weighted by Crippen LogP contribution is -3.14. The Morgan fingerprint density at radius 1 is 1.33 bits per heavy atom. The van der Waals surface area contributed by atoms with E-state index in [0.29, 0.717) is 0 Å². The summed E-state index contributed by atoms with van der Waals surface area (Å²) in [4.78, 5) is 13.5. The second kappa shape index (κ2) is 10.2. The number of thioether (sulfide) groups is 1. The van der Waals surface area contributed by atoms with E-state index in [1.54, 1.807) is 4.90 Å². The molecule has 7 nitrogen and oxygen atoms in total. The van der Waals surface area contributed by atoms with Crippen LogP contribution in [-0.2, 0) is 9.53 Å². The lowest BCUT2D eigenvalue weighted by Gasteiger charge is -2.23. The summed E-state index contributed by atoms with van der Waals surface area (Å²) in [6.07, 6.45) is 1.10. The lowest BCUT2D eigenvalue weighted by atomic mass is 10.3. The van der Waals surface area contributed by atoms with Gasteiger partial charge in [-0.1, -0.05) is 23.1 Å². The molecule has 1 aliphatic rings. The summed E-state index contributed by atoms with van der Waals surface area (Å²) in [6.45, 7) is 11.8. The third-order valence-corrected chi connectivity index (χ3v) is 5.73. The van der Waals surface area contributed by atoms with E-state index in [4.69, 9.17) is 4.74 Å². The number of ether oxygens (including phenoxy) is 1. The Hall–Kier alpha value is -0.900. The van der Waals surface area contributed by atoms with Crippen LogP contribution in [0.1, 0.15) is 27.2 Å². The second-order valence-electron chi connectivity index (χ2n) is 6.19. The van der Waals surface area contributed by atoms with Gasteiger partial charge in [0, 0.05) is 19.0 Å². The summed E-state index contributed by atoms with van der Waals surface area (Å²) in [5.41, 5.74) is 0. The standard InChI is InChI=1S/C15H27N5O2S2/c1-11(2)17-13(21)12(3)23-15-19-18-14(24-15)16-5-4-6-20-7-9-22-10-8-20/h11-12H,4-10H2,1-3H3,(H,16,18)(H,17,21)/p+1/t12-/m0/s1. The Morgan fingerprint density at radius 3 is 2.79 bits per heavy atom. The largest absolute Gasteiger partial charge is 0.370 e. The number of carbonyl (C=O) groups is 1. The van der Waals surface area contributed by atoms with Crippen molar-refractivity contribution in [2.45, 2.75) is 42.8 Å². The first-order valence-corrected chi connectivity index (χ1v) is 10.2. The molecule has 1 aromatic rings. The molecule has 1 fully saturated rings. The molecule has 0 radical (unpaired) electrons. The lowest BCUT2D eigenvalue weighted by molar-refractivity contribution is -0.908. The minimum absolute atomic E-state index is 0.0354. The van der Waals surface area contributed by atoms with Crippen LogP contribution >= 0.6 is 23.1 Å². The van der Waals surface area contributed by atoms with Gasteiger partial charge in [-0.25, -0.2) is 0 Å². The van der Waals surface area contributed by atoms with Gasteiger partial charge in [0.25, 0.3) is 0 Å². The van der Waals surface area contributed by atoms with Gasteiger partial charge in [0.1, 0.15) is 13.1 Å². The van der Waals surface area contributed by atoms with Crippen molar-refractivity contribution in [2.75, 3.05) is 44.7 Å². The van der Waals surface area contributed by atoms with Gasteiger partial charge in [-0.05, 0) is 20.8 Å². The van der Waals surface area contributed by atoms with Crippen molar-refractivity contribution in [2.24, 2.45) is 0 Å². The Morgan fingerprint density at radius 2 is 2.08 bits per heavy atom. The maximum absolute atomic E-state index is 11.9. The molecule has 0 aromatic carbocycles. The highest BCUT2D eigenvalue weighted by atomic mass is 32.2. The number of aromatic nitrogens is 2. The summed E-state index contributed by atoms with van der Waals surface area (Å²) in [7, 11) is 0. The molecule has 0 spiro atoms. The molecule has 0 saturated carbocycles. The predicted molar refractivity (Wildman–Crippen MR) is 98.0 cm³/mol. The Kier molecular flexibility index (Phi) is 8.23. The number of morpholine rings is 1. The molecule has 24 heavy (non-hydrogen) atoms. The molecule has 1 atom stereocenters. The Balaban J connectivity index is 1.66. The molecule has 2 heterocycles. The molecule has 0 aliphatic carbocycles. The van der Waals surface area contributed by atoms with Gasteiger partial charge in [-0.3, -0.25) is 4.79 Å². The summed E-state index contributed by atoms with van der Waals surface area (Å²) < 4.78 is 6.19. The highest BCUT2D eigenvalue weighted by Crippen LogP contribution is 2.28. The first kappa shape index (κ1) is 19.4. The molecule has 1 saturated heterocycles. The fourth-order valence-corrected chi connectivity index (χ4v) is 4.31. The van der Waals surface area contributed by atoms with Crippen molar-refractivity contribution in [3.05, 3.63) is 0 Å². The number of nitrogens with zero attached hydrogens (tertiary/aromatic N) is 2. The van der Waals surface area contributed by atoms with Crippen molar-refractivity contribution in [1.82, 2.24) is 15.5 Å². The van der Waals surface area contributed by atoms with Crippen LogP contribution in [0.3, 0.4) is 0 Å². The number of hydrogen-bond acceptors (Lipinski definition) is 7. The molecule has 1 amide bonds. The summed E-state index contributed by atoms with van der Waals surface area (Å²) in [5.74, 6) is 0.0354. The first-order valence-electron chi connectivity index (χ1n) is 8.50. The van der Waals surface area contributed by atoms with E-state index in [0.717, 1.165) is 55.3 Å². The van der Waals surface area contributed by atoms with Crippen LogP contribution in [-0.4, -0.2) is 66.8 Å². The highest BCUT2D eigenvalue weighted by Gasteiger charge is 2.18. The normalized spacial score (nSPS) is 17.0. The number of amides is 1. The molecule has 1 aliphatic heterocycles. The summed E-state index contributed by atoms with van der Waals surface area (Å²) in [6, 6.07) is 0.154. The molecule has 2 rings (SSSR count). The molecular formula is C15H28N5O2S2+. The van der Waals surface area contributed by atoms with Crippen LogP contribution in [0.2, 0.25) is 0 Å². The zero-order valence-electron chi connectivity index (χ0n) is 14.6. The van der Waals surface area contributed by atoms with Gasteiger partial charge in [0.05, 0.1) is 25.0 Å². The fourth-order valence-electron chi connectivity index (χ4n) is 2.38. The van der Waals surface area contributed by atoms with Gasteiger partial charge < -0.3 is 20.3 Å². The van der Waals surface area contributed by atoms with E-state index in [2.05, 4.69) is 20.8 Å². The third kappa shape index (κ3) is 6.92. The SMILES string of the molecule is CC(C)NC(=O)[C@H](C)Sc1nnc(NCCC[NH+]2CCOCC2)s1. The average Bonchev–Trinajstić information content (AvgIpc) is 2.99. The Bertz CT molecular complexity index is 506. The van der Waals surface area contributed by atoms with Gasteiger partial charge >= 0.3 is 0 Å². The highest BCUT2D eigenvalue weighted by molar-refractivity contribution is 8.02. The number of hydrogen-bond donors (Lipinski definition) is 3. The van der Waals surface area contributed by atoms with E-state index in [1.165, 1.54) is 23.1 Å². The van der Waals surface area contributed by atoms with Crippen LogP contribution in [0.4, 0.5) is 5.13 Å². The van der Waals surface area contributed by atoms with Crippen LogP contribution in [0.15, 0.2) is 4.34 Å². The number of quaternary nitrogens is 1. The first-order chi connectivity index (χ1) is 11.5. The van der Waals surface area contributed by atoms with Crippen molar-refractivity contribution in [1.29, 1.82) is 0 Å². The second-order valence-corrected chi connectivity index (χ2v) is 8.75. The van der Waals surface area contributed by atoms with Gasteiger partial charge in [0.2, 0.25) is 11.0 Å². The monoisotopic (exact) mass is 374 g/mol. The van der Waals surface area contributed by atoms with E-state index in [9.17, 15) is 4.79 Å². The van der Waals surface area contributed by atoms with Gasteiger partial charge in [-0.15, -0.1) is 10.2 Å². The van der Waals surface area contributed by atoms with E-state index >= 15 is 0 Å². The molecular weight excluding hydrogens is 346 g/mol. The van der Waals surface area contributed by atoms with Crippen LogP contribution in [0.5, 0.6) is 0 Å². The number of nitrogens with one attached hydrogen (secondary N) is 3. The van der Waals surface area contributed by atoms with E-state index in [-0.39, 0.29) is 17.2 Å². The van der Waals surface area contributed by atoms with Crippen molar-refractivity contribution < 1.29 is 14.4 Å². The molecule has 9 heteroatoms. The van der Waals surface area contributed by atoms with E-state index in [1.807, 2.05) is 20.8 Å². The number of rotatable bonds is 9. The minimum atomic E-state index is -0.168. The zero-order valence-corrected chi connectivity index (χ0v) is 16.3. The van der Waals surface area contributed by atoms with Crippen LogP contribution in [0.25, 0.3) is 0 Å². The molecule has 1 aromatic heterocycles. The fraction of sp³-hybridized carbons (Fsp3) is 0.800. The number of carbonyl (C=O) groups excluding carboxylic acids is 1. The molecule has 0 unspecified atom stereocenters. The smallest absolute Gasteiger partial charge is 0.233 e. The maximum atomic E-state index is 11.9. The van der Waals surface area contributed by atoms with E-state index < -0.39 is 0 Å². The predicted octanol–water partition coefficient (Wildman–Crippen LogP) is 0.260. The van der Waals surface area contributed by atoms with Gasteiger partial charge in [0.15, 0.2) is 4.34 Å². The minimum Gasteiger partial charge on any atom is -0.370 e. The van der Waals surface area contributed by atoms with Crippen molar-refractivity contribution in [3.8, 4) is 0 Å². The number of anilines is 1. The average molecular weight is 375 g/mol. The zero-order chi connectivity index (χ0) is 17.4. The summed E-state index contributed by atoms with van der Waals surface area (Å²) in [5, 5.41) is 15.2. The molecule has 3 N–H and O–H groups in total.